The van der Waals surface area contributed by atoms with Gasteiger partial charge in [-0.05, 0) is 42.3 Å². The number of hydrogen-bond acceptors (Lipinski definition) is 2. The fraction of sp³-hybridized carbons (Fsp3) is 0.100. The Morgan fingerprint density at radius 1 is 1.07 bits per heavy atom. The summed E-state index contributed by atoms with van der Waals surface area (Å²) in [6, 6.07) is 10.3. The molecule has 0 atom stereocenters. The molecule has 1 saturated heterocycles. The molecule has 1 aromatic heterocycles. The molecule has 0 spiro atoms. The zero-order valence-electron chi connectivity index (χ0n) is 14.3. The number of nitrogens with one attached hydrogen (secondary N) is 2. The zero-order valence-corrected chi connectivity index (χ0v) is 15.9. The number of nitrogens with zero attached hydrogens (tertiary/aromatic N) is 1. The van der Waals surface area contributed by atoms with Gasteiger partial charge in [0.25, 0.3) is 5.91 Å². The summed E-state index contributed by atoms with van der Waals surface area (Å²) in [6.07, 6.45) is 3.47. The van der Waals surface area contributed by atoms with Crippen LogP contribution in [0.1, 0.15) is 16.7 Å². The predicted octanol–water partition coefficient (Wildman–Crippen LogP) is 4.88. The van der Waals surface area contributed by atoms with E-state index in [9.17, 15) is 9.59 Å². The molecular formula is C20H15Cl2N3O2. The third-order valence-electron chi connectivity index (χ3n) is 4.60. The van der Waals surface area contributed by atoms with Crippen LogP contribution in [-0.4, -0.2) is 21.8 Å². The lowest BCUT2D eigenvalue weighted by atomic mass is 10.1. The molecule has 0 unspecified atom stereocenters. The Labute approximate surface area is 165 Å². The van der Waals surface area contributed by atoms with Crippen molar-refractivity contribution in [3.63, 3.8) is 0 Å². The van der Waals surface area contributed by atoms with Gasteiger partial charge in [0.1, 0.15) is 5.70 Å². The number of hydrogen-bond donors (Lipinski definition) is 2. The third-order valence-corrected chi connectivity index (χ3v) is 5.26. The number of rotatable bonds is 3. The first kappa shape index (κ1) is 17.6. The Kier molecular flexibility index (Phi) is 4.42. The molecule has 7 heteroatoms. The van der Waals surface area contributed by atoms with Crippen molar-refractivity contribution in [1.29, 1.82) is 0 Å². The molecule has 5 nitrogen and oxygen atoms in total. The number of aromatic amines is 1. The predicted molar refractivity (Wildman–Crippen MR) is 107 cm³/mol. The van der Waals surface area contributed by atoms with Gasteiger partial charge in [-0.1, -0.05) is 41.4 Å². The van der Waals surface area contributed by atoms with Crippen LogP contribution in [0.3, 0.4) is 0 Å². The van der Waals surface area contributed by atoms with Gasteiger partial charge in [-0.25, -0.2) is 4.79 Å². The SMILES string of the molecule is Cc1c(Cl)ccc2c(C=C3NC(=O)N(Cc4ccc(Cl)cc4)C3=O)c[nH]c12. The van der Waals surface area contributed by atoms with E-state index in [0.717, 1.165) is 27.6 Å². The lowest BCUT2D eigenvalue weighted by Crippen LogP contribution is -2.30. The first-order valence-corrected chi connectivity index (χ1v) is 9.05. The summed E-state index contributed by atoms with van der Waals surface area (Å²) in [5.74, 6) is -0.366. The fourth-order valence-corrected chi connectivity index (χ4v) is 3.39. The Balaban J connectivity index is 1.63. The smallest absolute Gasteiger partial charge is 0.329 e. The van der Waals surface area contributed by atoms with Crippen LogP contribution in [-0.2, 0) is 11.3 Å². The van der Waals surface area contributed by atoms with Crippen LogP contribution in [0.2, 0.25) is 10.0 Å². The molecule has 2 N–H and O–H groups in total. The molecule has 0 saturated carbocycles. The second-order valence-electron chi connectivity index (χ2n) is 6.34. The standard InChI is InChI=1S/C20H15Cl2N3O2/c1-11-16(22)7-6-15-13(9-23-18(11)15)8-17-19(26)25(20(27)24-17)10-12-2-4-14(21)5-3-12/h2-9,23H,10H2,1H3,(H,24,27). The highest BCUT2D eigenvalue weighted by Crippen LogP contribution is 2.28. The maximum atomic E-state index is 12.7. The topological polar surface area (TPSA) is 65.2 Å². The molecule has 0 aliphatic carbocycles. The van der Waals surface area contributed by atoms with Crippen LogP contribution < -0.4 is 5.32 Å². The molecule has 1 fully saturated rings. The first-order valence-electron chi connectivity index (χ1n) is 8.29. The number of halogens is 2. The van der Waals surface area contributed by atoms with Gasteiger partial charge >= 0.3 is 6.03 Å². The second kappa shape index (κ2) is 6.76. The van der Waals surface area contributed by atoms with Crippen LogP contribution >= 0.6 is 23.2 Å². The molecule has 2 aromatic carbocycles. The van der Waals surface area contributed by atoms with Crippen molar-refractivity contribution >= 4 is 52.1 Å². The van der Waals surface area contributed by atoms with Gasteiger partial charge < -0.3 is 10.3 Å². The number of carbonyl (C=O) groups is 2. The maximum Gasteiger partial charge on any atom is 0.329 e. The summed E-state index contributed by atoms with van der Waals surface area (Å²) in [7, 11) is 0. The van der Waals surface area contributed by atoms with Gasteiger partial charge in [0.15, 0.2) is 0 Å². The number of imide groups is 1. The van der Waals surface area contributed by atoms with Crippen molar-refractivity contribution in [2.24, 2.45) is 0 Å². The molecule has 2 heterocycles. The lowest BCUT2D eigenvalue weighted by molar-refractivity contribution is -0.123. The molecule has 0 bridgehead atoms. The van der Waals surface area contributed by atoms with Crippen LogP contribution in [0, 0.1) is 6.92 Å². The molecule has 27 heavy (non-hydrogen) atoms. The van der Waals surface area contributed by atoms with Crippen LogP contribution in [0.25, 0.3) is 17.0 Å². The summed E-state index contributed by atoms with van der Waals surface area (Å²) in [5.41, 5.74) is 3.71. The number of benzene rings is 2. The summed E-state index contributed by atoms with van der Waals surface area (Å²) in [5, 5.41) is 4.85. The molecule has 4 rings (SSSR count). The number of H-pyrrole nitrogens is 1. The second-order valence-corrected chi connectivity index (χ2v) is 7.19. The van der Waals surface area contributed by atoms with Crippen molar-refractivity contribution in [2.75, 3.05) is 0 Å². The third kappa shape index (κ3) is 3.20. The minimum Gasteiger partial charge on any atom is -0.360 e. The number of fused-ring (bicyclic) bond motifs is 1. The number of aryl methyl sites for hydroxylation is 1. The highest BCUT2D eigenvalue weighted by atomic mass is 35.5. The molecule has 3 amide bonds. The zero-order chi connectivity index (χ0) is 19.1. The minimum atomic E-state index is -0.444. The van der Waals surface area contributed by atoms with Gasteiger partial charge in [-0.3, -0.25) is 9.69 Å². The van der Waals surface area contributed by atoms with Crippen molar-refractivity contribution in [3.05, 3.63) is 75.0 Å². The minimum absolute atomic E-state index is 0.182. The quantitative estimate of drug-likeness (QED) is 0.486. The Morgan fingerprint density at radius 2 is 1.81 bits per heavy atom. The number of amides is 3. The van der Waals surface area contributed by atoms with Crippen molar-refractivity contribution < 1.29 is 9.59 Å². The molecule has 1 aliphatic rings. The van der Waals surface area contributed by atoms with Crippen LogP contribution in [0.15, 0.2) is 48.3 Å². The van der Waals surface area contributed by atoms with E-state index in [2.05, 4.69) is 10.3 Å². The summed E-state index contributed by atoms with van der Waals surface area (Å²) in [6.45, 7) is 2.11. The average Bonchev–Trinajstić information content (AvgIpc) is 3.17. The molecule has 136 valence electrons. The van der Waals surface area contributed by atoms with Gasteiger partial charge in [0.05, 0.1) is 12.1 Å². The van der Waals surface area contributed by atoms with Crippen molar-refractivity contribution in [3.8, 4) is 0 Å². The largest absolute Gasteiger partial charge is 0.360 e. The molecule has 0 radical (unpaired) electrons. The summed E-state index contributed by atoms with van der Waals surface area (Å²) in [4.78, 5) is 29.3. The van der Waals surface area contributed by atoms with Gasteiger partial charge in [0, 0.05) is 27.2 Å². The van der Waals surface area contributed by atoms with Crippen molar-refractivity contribution in [2.45, 2.75) is 13.5 Å². The van der Waals surface area contributed by atoms with E-state index in [1.807, 2.05) is 19.1 Å². The average molecular weight is 400 g/mol. The first-order chi connectivity index (χ1) is 12.9. The highest BCUT2D eigenvalue weighted by molar-refractivity contribution is 6.32. The van der Waals surface area contributed by atoms with Crippen LogP contribution in [0.4, 0.5) is 4.79 Å². The van der Waals surface area contributed by atoms with Gasteiger partial charge in [0.2, 0.25) is 0 Å². The van der Waals surface area contributed by atoms with Crippen molar-refractivity contribution in [1.82, 2.24) is 15.2 Å². The van der Waals surface area contributed by atoms with Gasteiger partial charge in [-0.15, -0.1) is 0 Å². The summed E-state index contributed by atoms with van der Waals surface area (Å²) < 4.78 is 0. The normalized spacial score (nSPS) is 15.8. The number of aromatic nitrogens is 1. The maximum absolute atomic E-state index is 12.7. The highest BCUT2D eigenvalue weighted by Gasteiger charge is 2.33. The van der Waals surface area contributed by atoms with E-state index < -0.39 is 6.03 Å². The van der Waals surface area contributed by atoms with Crippen LogP contribution in [0.5, 0.6) is 0 Å². The van der Waals surface area contributed by atoms with E-state index in [-0.39, 0.29) is 18.1 Å². The van der Waals surface area contributed by atoms with E-state index in [1.54, 1.807) is 36.5 Å². The molecular weight excluding hydrogens is 385 g/mol. The Morgan fingerprint density at radius 3 is 2.56 bits per heavy atom. The fourth-order valence-electron chi connectivity index (χ4n) is 3.10. The van der Waals surface area contributed by atoms with E-state index in [4.69, 9.17) is 23.2 Å². The molecule has 1 aliphatic heterocycles. The number of urea groups is 1. The molecule has 3 aromatic rings. The Bertz CT molecular complexity index is 1100. The number of carbonyl (C=O) groups excluding carboxylic acids is 2. The lowest BCUT2D eigenvalue weighted by Gasteiger charge is -2.11. The van der Waals surface area contributed by atoms with E-state index >= 15 is 0 Å². The van der Waals surface area contributed by atoms with E-state index in [0.29, 0.717) is 10.0 Å². The monoisotopic (exact) mass is 399 g/mol. The van der Waals surface area contributed by atoms with E-state index in [1.165, 1.54) is 4.90 Å². The Hall–Kier alpha value is -2.76. The summed E-state index contributed by atoms with van der Waals surface area (Å²) >= 11 is 12.0. The van der Waals surface area contributed by atoms with Gasteiger partial charge in [-0.2, -0.15) is 0 Å².